The molecule has 0 atom stereocenters. The summed E-state index contributed by atoms with van der Waals surface area (Å²) >= 11 is 0. The number of rotatable bonds is 5. The second-order valence-electron chi connectivity index (χ2n) is 4.98. The van der Waals surface area contributed by atoms with Crippen LogP contribution in [0.1, 0.15) is 18.1 Å². The van der Waals surface area contributed by atoms with Crippen LogP contribution in [0, 0.1) is 6.92 Å². The highest BCUT2D eigenvalue weighted by atomic mass is 15.2. The van der Waals surface area contributed by atoms with Gasteiger partial charge in [0, 0.05) is 45.0 Å². The lowest BCUT2D eigenvalue weighted by Gasteiger charge is -2.27. The number of hydrogen-bond donors (Lipinski definition) is 2. The standard InChI is InChI=1S/C15H25N3/c1-3-14-6-4-5-13(2)15(14)17-9-12-18-10-7-16-8-11-18/h4-6,16-17H,3,7-12H2,1-2H3. The molecule has 18 heavy (non-hydrogen) atoms. The van der Waals surface area contributed by atoms with Crippen LogP contribution >= 0.6 is 0 Å². The van der Waals surface area contributed by atoms with E-state index in [2.05, 4.69) is 47.6 Å². The minimum atomic E-state index is 1.04. The van der Waals surface area contributed by atoms with Gasteiger partial charge in [-0.2, -0.15) is 0 Å². The van der Waals surface area contributed by atoms with Crippen LogP contribution in [0.4, 0.5) is 5.69 Å². The summed E-state index contributed by atoms with van der Waals surface area (Å²) in [5.41, 5.74) is 4.13. The van der Waals surface area contributed by atoms with Crippen molar-refractivity contribution in [3.63, 3.8) is 0 Å². The number of nitrogens with zero attached hydrogens (tertiary/aromatic N) is 1. The highest BCUT2D eigenvalue weighted by Gasteiger charge is 2.09. The Morgan fingerprint density at radius 2 is 2.06 bits per heavy atom. The lowest BCUT2D eigenvalue weighted by molar-refractivity contribution is 0.249. The Morgan fingerprint density at radius 1 is 1.28 bits per heavy atom. The van der Waals surface area contributed by atoms with E-state index in [1.807, 2.05) is 0 Å². The largest absolute Gasteiger partial charge is 0.383 e. The molecular weight excluding hydrogens is 222 g/mol. The molecule has 1 heterocycles. The molecule has 0 spiro atoms. The van der Waals surface area contributed by atoms with Crippen molar-refractivity contribution in [1.29, 1.82) is 0 Å². The Kier molecular flexibility index (Phi) is 5.02. The van der Waals surface area contributed by atoms with Crippen LogP contribution in [0.5, 0.6) is 0 Å². The van der Waals surface area contributed by atoms with Crippen LogP contribution < -0.4 is 10.6 Å². The molecule has 1 aliphatic rings. The summed E-state index contributed by atoms with van der Waals surface area (Å²) in [5.74, 6) is 0. The number of para-hydroxylation sites is 1. The van der Waals surface area contributed by atoms with E-state index in [1.54, 1.807) is 0 Å². The van der Waals surface area contributed by atoms with Crippen LogP contribution in [0.25, 0.3) is 0 Å². The zero-order valence-electron chi connectivity index (χ0n) is 11.6. The van der Waals surface area contributed by atoms with Gasteiger partial charge in [-0.05, 0) is 24.5 Å². The predicted molar refractivity (Wildman–Crippen MR) is 78.4 cm³/mol. The summed E-state index contributed by atoms with van der Waals surface area (Å²) in [6.45, 7) is 11.2. The van der Waals surface area contributed by atoms with Gasteiger partial charge in [0.15, 0.2) is 0 Å². The third-order valence-electron chi connectivity index (χ3n) is 3.68. The molecule has 1 fully saturated rings. The predicted octanol–water partition coefficient (Wildman–Crippen LogP) is 1.87. The fourth-order valence-electron chi connectivity index (χ4n) is 2.55. The number of aryl methyl sites for hydroxylation is 2. The van der Waals surface area contributed by atoms with E-state index in [-0.39, 0.29) is 0 Å². The molecule has 1 aromatic rings. The van der Waals surface area contributed by atoms with Gasteiger partial charge in [0.05, 0.1) is 0 Å². The summed E-state index contributed by atoms with van der Waals surface area (Å²) in [6.07, 6.45) is 1.09. The summed E-state index contributed by atoms with van der Waals surface area (Å²) in [5, 5.41) is 7.01. The van der Waals surface area contributed by atoms with Crippen molar-refractivity contribution in [1.82, 2.24) is 10.2 Å². The van der Waals surface area contributed by atoms with E-state index in [0.29, 0.717) is 0 Å². The number of benzene rings is 1. The third-order valence-corrected chi connectivity index (χ3v) is 3.68. The smallest absolute Gasteiger partial charge is 0.0402 e. The summed E-state index contributed by atoms with van der Waals surface area (Å²) in [6, 6.07) is 6.56. The van der Waals surface area contributed by atoms with E-state index in [9.17, 15) is 0 Å². The first-order valence-corrected chi connectivity index (χ1v) is 7.06. The SMILES string of the molecule is CCc1cccc(C)c1NCCN1CCNCC1. The van der Waals surface area contributed by atoms with Gasteiger partial charge in [-0.15, -0.1) is 0 Å². The average molecular weight is 247 g/mol. The Balaban J connectivity index is 1.85. The Hall–Kier alpha value is -1.06. The molecule has 1 saturated heterocycles. The van der Waals surface area contributed by atoms with Gasteiger partial charge in [0.25, 0.3) is 0 Å². The van der Waals surface area contributed by atoms with Crippen LogP contribution in [-0.2, 0) is 6.42 Å². The summed E-state index contributed by atoms with van der Waals surface area (Å²) in [7, 11) is 0. The zero-order valence-corrected chi connectivity index (χ0v) is 11.6. The zero-order chi connectivity index (χ0) is 12.8. The monoisotopic (exact) mass is 247 g/mol. The molecule has 0 amide bonds. The summed E-state index contributed by atoms with van der Waals surface area (Å²) < 4.78 is 0. The molecule has 0 radical (unpaired) electrons. The van der Waals surface area contributed by atoms with E-state index in [4.69, 9.17) is 0 Å². The second kappa shape index (κ2) is 6.76. The van der Waals surface area contributed by atoms with Gasteiger partial charge in [0.1, 0.15) is 0 Å². The number of hydrogen-bond acceptors (Lipinski definition) is 3. The highest BCUT2D eigenvalue weighted by molar-refractivity contribution is 5.57. The molecule has 3 heteroatoms. The number of piperazine rings is 1. The molecule has 0 aliphatic carbocycles. The Bertz CT molecular complexity index is 370. The maximum absolute atomic E-state index is 3.62. The molecule has 2 rings (SSSR count). The van der Waals surface area contributed by atoms with Crippen LogP contribution in [0.2, 0.25) is 0 Å². The lowest BCUT2D eigenvalue weighted by atomic mass is 10.1. The first kappa shape index (κ1) is 13.4. The van der Waals surface area contributed by atoms with Gasteiger partial charge in [-0.25, -0.2) is 0 Å². The van der Waals surface area contributed by atoms with Gasteiger partial charge < -0.3 is 10.6 Å². The Morgan fingerprint density at radius 3 is 2.78 bits per heavy atom. The van der Waals surface area contributed by atoms with Crippen molar-refractivity contribution in [3.8, 4) is 0 Å². The minimum Gasteiger partial charge on any atom is -0.383 e. The molecule has 1 aliphatic heterocycles. The molecule has 0 saturated carbocycles. The maximum Gasteiger partial charge on any atom is 0.0402 e. The molecule has 100 valence electrons. The minimum absolute atomic E-state index is 1.04. The highest BCUT2D eigenvalue weighted by Crippen LogP contribution is 2.20. The fraction of sp³-hybridized carbons (Fsp3) is 0.600. The van der Waals surface area contributed by atoms with Crippen molar-refractivity contribution >= 4 is 5.69 Å². The van der Waals surface area contributed by atoms with Gasteiger partial charge in [0.2, 0.25) is 0 Å². The van der Waals surface area contributed by atoms with Crippen LogP contribution in [0.15, 0.2) is 18.2 Å². The third kappa shape index (κ3) is 3.47. The number of nitrogens with one attached hydrogen (secondary N) is 2. The molecule has 0 bridgehead atoms. The van der Waals surface area contributed by atoms with Gasteiger partial charge >= 0.3 is 0 Å². The normalized spacial score (nSPS) is 16.8. The van der Waals surface area contributed by atoms with Crippen LogP contribution in [0.3, 0.4) is 0 Å². The van der Waals surface area contributed by atoms with E-state index < -0.39 is 0 Å². The maximum atomic E-state index is 3.62. The fourth-order valence-corrected chi connectivity index (χ4v) is 2.55. The van der Waals surface area contributed by atoms with E-state index in [1.165, 1.54) is 29.9 Å². The molecule has 3 nitrogen and oxygen atoms in total. The van der Waals surface area contributed by atoms with E-state index >= 15 is 0 Å². The van der Waals surface area contributed by atoms with Crippen molar-refractivity contribution < 1.29 is 0 Å². The molecule has 0 unspecified atom stereocenters. The topological polar surface area (TPSA) is 27.3 Å². The van der Waals surface area contributed by atoms with Gasteiger partial charge in [-0.3, -0.25) is 4.90 Å². The molecule has 1 aromatic carbocycles. The van der Waals surface area contributed by atoms with Crippen molar-refractivity contribution in [2.24, 2.45) is 0 Å². The van der Waals surface area contributed by atoms with Gasteiger partial charge in [-0.1, -0.05) is 25.1 Å². The van der Waals surface area contributed by atoms with Crippen molar-refractivity contribution in [3.05, 3.63) is 29.3 Å². The quantitative estimate of drug-likeness (QED) is 0.832. The molecular formula is C15H25N3. The summed E-state index contributed by atoms with van der Waals surface area (Å²) in [4.78, 5) is 2.52. The second-order valence-corrected chi connectivity index (χ2v) is 4.98. The van der Waals surface area contributed by atoms with Crippen molar-refractivity contribution in [2.75, 3.05) is 44.6 Å². The average Bonchev–Trinajstić information content (AvgIpc) is 2.41. The first-order chi connectivity index (χ1) is 8.81. The lowest BCUT2D eigenvalue weighted by Crippen LogP contribution is -2.45. The number of anilines is 1. The first-order valence-electron chi connectivity index (χ1n) is 7.06. The molecule has 2 N–H and O–H groups in total. The molecule has 0 aromatic heterocycles. The van der Waals surface area contributed by atoms with Crippen LogP contribution in [-0.4, -0.2) is 44.2 Å². The Labute approximate surface area is 111 Å². The van der Waals surface area contributed by atoms with Crippen molar-refractivity contribution in [2.45, 2.75) is 20.3 Å². The van der Waals surface area contributed by atoms with E-state index in [0.717, 1.165) is 32.6 Å².